The van der Waals surface area contributed by atoms with Crippen LogP contribution in [0.1, 0.15) is 41.4 Å². The zero-order valence-electron chi connectivity index (χ0n) is 19.7. The fourth-order valence-electron chi connectivity index (χ4n) is 3.73. The van der Waals surface area contributed by atoms with Gasteiger partial charge in [0.2, 0.25) is 0 Å². The molecule has 9 nitrogen and oxygen atoms in total. The molecule has 180 valence electrons. The molecule has 4 N–H and O–H groups in total. The number of ketones is 1. The lowest BCUT2D eigenvalue weighted by atomic mass is 10.0. The predicted molar refractivity (Wildman–Crippen MR) is 133 cm³/mol. The molecular formula is C25H25FN6O3. The Bertz CT molecular complexity index is 1450. The maximum absolute atomic E-state index is 13.8. The van der Waals surface area contributed by atoms with Gasteiger partial charge in [0.25, 0.3) is 0 Å². The topological polar surface area (TPSA) is 124 Å². The SMILES string of the molecule is COc1ccc(C(=O)c2cn(C(C)C)c3ncnc(N)c23)cc1NC(=O)Nc1ccc(C)c(F)c1. The molecular weight excluding hydrogens is 451 g/mol. The molecule has 0 aliphatic rings. The van der Waals surface area contributed by atoms with Gasteiger partial charge in [0.05, 0.1) is 23.7 Å². The van der Waals surface area contributed by atoms with Crippen molar-refractivity contribution in [2.75, 3.05) is 23.5 Å². The fourth-order valence-corrected chi connectivity index (χ4v) is 3.73. The number of ether oxygens (including phenoxy) is 1. The van der Waals surface area contributed by atoms with Gasteiger partial charge in [0, 0.05) is 23.5 Å². The van der Waals surface area contributed by atoms with Gasteiger partial charge in [0.1, 0.15) is 29.4 Å². The standard InChI is InChI=1S/C25H25FN6O3/c1-13(2)32-11-17(21-23(27)28-12-29-24(21)32)22(33)15-6-8-20(35-4)19(9-15)31-25(34)30-16-7-5-14(3)18(26)10-16/h5-13H,1-4H3,(H2,27,28,29)(H2,30,31,34). The second-order valence-corrected chi connectivity index (χ2v) is 8.29. The Morgan fingerprint density at radius 1 is 1.11 bits per heavy atom. The number of nitrogen functional groups attached to an aromatic ring is 1. The molecule has 0 spiro atoms. The molecule has 0 bridgehead atoms. The summed E-state index contributed by atoms with van der Waals surface area (Å²) in [4.78, 5) is 34.4. The second kappa shape index (κ2) is 9.41. The molecule has 0 radical (unpaired) electrons. The number of nitrogens with one attached hydrogen (secondary N) is 2. The molecule has 0 saturated carbocycles. The van der Waals surface area contributed by atoms with Crippen molar-refractivity contribution in [1.82, 2.24) is 14.5 Å². The minimum Gasteiger partial charge on any atom is -0.495 e. The summed E-state index contributed by atoms with van der Waals surface area (Å²) in [7, 11) is 1.45. The summed E-state index contributed by atoms with van der Waals surface area (Å²) in [5, 5.41) is 5.70. The Labute approximate surface area is 201 Å². The molecule has 4 rings (SSSR count). The lowest BCUT2D eigenvalue weighted by Gasteiger charge is -2.13. The van der Waals surface area contributed by atoms with Crippen molar-refractivity contribution in [3.05, 3.63) is 71.4 Å². The van der Waals surface area contributed by atoms with Gasteiger partial charge in [-0.3, -0.25) is 4.79 Å². The number of hydrogen-bond donors (Lipinski definition) is 3. The third kappa shape index (κ3) is 4.63. The first-order valence-electron chi connectivity index (χ1n) is 10.9. The van der Waals surface area contributed by atoms with Crippen LogP contribution < -0.4 is 21.1 Å². The molecule has 10 heteroatoms. The maximum atomic E-state index is 13.8. The van der Waals surface area contributed by atoms with Gasteiger partial charge in [-0.1, -0.05) is 6.07 Å². The minimum atomic E-state index is -0.620. The molecule has 0 saturated heterocycles. The highest BCUT2D eigenvalue weighted by molar-refractivity contribution is 6.18. The quantitative estimate of drug-likeness (QED) is 0.339. The van der Waals surface area contributed by atoms with Gasteiger partial charge in [-0.15, -0.1) is 0 Å². The van der Waals surface area contributed by atoms with E-state index in [4.69, 9.17) is 10.5 Å². The van der Waals surface area contributed by atoms with E-state index in [-0.39, 0.29) is 29.0 Å². The summed E-state index contributed by atoms with van der Waals surface area (Å²) in [5.41, 5.74) is 8.32. The van der Waals surface area contributed by atoms with Crippen molar-refractivity contribution in [3.8, 4) is 5.75 Å². The van der Waals surface area contributed by atoms with E-state index in [2.05, 4.69) is 20.6 Å². The highest BCUT2D eigenvalue weighted by Crippen LogP contribution is 2.31. The summed E-state index contributed by atoms with van der Waals surface area (Å²) in [6.07, 6.45) is 3.07. The maximum Gasteiger partial charge on any atom is 0.323 e. The number of aromatic nitrogens is 3. The molecule has 0 atom stereocenters. The number of amides is 2. The van der Waals surface area contributed by atoms with Crippen LogP contribution in [-0.2, 0) is 0 Å². The van der Waals surface area contributed by atoms with Crippen LogP contribution >= 0.6 is 0 Å². The van der Waals surface area contributed by atoms with Crippen molar-refractivity contribution >= 4 is 40.0 Å². The van der Waals surface area contributed by atoms with Crippen molar-refractivity contribution in [2.24, 2.45) is 0 Å². The number of benzene rings is 2. The molecule has 0 fully saturated rings. The Balaban J connectivity index is 1.67. The number of carbonyl (C=O) groups is 2. The van der Waals surface area contributed by atoms with Crippen molar-refractivity contribution in [1.29, 1.82) is 0 Å². The van der Waals surface area contributed by atoms with E-state index in [1.54, 1.807) is 37.4 Å². The lowest BCUT2D eigenvalue weighted by molar-refractivity contribution is 0.104. The predicted octanol–water partition coefficient (Wildman–Crippen LogP) is 4.93. The van der Waals surface area contributed by atoms with Gasteiger partial charge in [-0.25, -0.2) is 19.2 Å². The van der Waals surface area contributed by atoms with E-state index in [1.165, 1.54) is 25.6 Å². The largest absolute Gasteiger partial charge is 0.495 e. The number of methoxy groups -OCH3 is 1. The number of anilines is 3. The van der Waals surface area contributed by atoms with Crippen LogP contribution in [0.2, 0.25) is 0 Å². The van der Waals surface area contributed by atoms with Crippen LogP contribution in [0.4, 0.5) is 26.4 Å². The Hall–Kier alpha value is -4.47. The first-order valence-corrected chi connectivity index (χ1v) is 10.9. The van der Waals surface area contributed by atoms with Crippen LogP contribution in [0.25, 0.3) is 11.0 Å². The Morgan fingerprint density at radius 3 is 2.57 bits per heavy atom. The number of fused-ring (bicyclic) bond motifs is 1. The number of hydrogen-bond acceptors (Lipinski definition) is 6. The molecule has 35 heavy (non-hydrogen) atoms. The van der Waals surface area contributed by atoms with E-state index < -0.39 is 11.8 Å². The number of carbonyl (C=O) groups excluding carboxylic acids is 2. The van der Waals surface area contributed by atoms with Crippen molar-refractivity contribution in [3.63, 3.8) is 0 Å². The fraction of sp³-hybridized carbons (Fsp3) is 0.200. The van der Waals surface area contributed by atoms with Gasteiger partial charge in [0.15, 0.2) is 5.78 Å². The zero-order valence-corrected chi connectivity index (χ0v) is 19.7. The van der Waals surface area contributed by atoms with Gasteiger partial charge >= 0.3 is 6.03 Å². The van der Waals surface area contributed by atoms with Crippen LogP contribution in [-0.4, -0.2) is 33.5 Å². The van der Waals surface area contributed by atoms with E-state index >= 15 is 0 Å². The summed E-state index contributed by atoms with van der Waals surface area (Å²) < 4.78 is 21.0. The van der Waals surface area contributed by atoms with E-state index in [1.807, 2.05) is 18.4 Å². The average molecular weight is 477 g/mol. The summed E-state index contributed by atoms with van der Waals surface area (Å²) >= 11 is 0. The number of aryl methyl sites for hydroxylation is 1. The second-order valence-electron chi connectivity index (χ2n) is 8.29. The summed E-state index contributed by atoms with van der Waals surface area (Å²) in [6.45, 7) is 5.57. The molecule has 2 aromatic heterocycles. The zero-order chi connectivity index (χ0) is 25.3. The van der Waals surface area contributed by atoms with Crippen LogP contribution in [0, 0.1) is 12.7 Å². The minimum absolute atomic E-state index is 0.0387. The monoisotopic (exact) mass is 476 g/mol. The van der Waals surface area contributed by atoms with Gasteiger partial charge in [-0.05, 0) is 56.7 Å². The van der Waals surface area contributed by atoms with Crippen molar-refractivity contribution in [2.45, 2.75) is 26.8 Å². The molecule has 0 unspecified atom stereocenters. The Kier molecular flexibility index (Phi) is 6.37. The first-order chi connectivity index (χ1) is 16.7. The smallest absolute Gasteiger partial charge is 0.323 e. The number of nitrogens with zero attached hydrogens (tertiary/aromatic N) is 3. The highest BCUT2D eigenvalue weighted by Gasteiger charge is 2.22. The van der Waals surface area contributed by atoms with E-state index in [0.717, 1.165) is 0 Å². The molecule has 2 amide bonds. The number of urea groups is 1. The first kappa shape index (κ1) is 23.7. The third-order valence-corrected chi connectivity index (χ3v) is 5.58. The molecule has 4 aromatic rings. The van der Waals surface area contributed by atoms with E-state index in [9.17, 15) is 14.0 Å². The highest BCUT2D eigenvalue weighted by atomic mass is 19.1. The lowest BCUT2D eigenvalue weighted by Crippen LogP contribution is -2.20. The normalized spacial score (nSPS) is 11.0. The number of rotatable bonds is 6. The molecule has 0 aliphatic carbocycles. The summed E-state index contributed by atoms with van der Waals surface area (Å²) in [5.74, 6) is -0.201. The average Bonchev–Trinajstić information content (AvgIpc) is 3.22. The molecule has 0 aliphatic heterocycles. The number of nitrogens with two attached hydrogens (primary N) is 1. The van der Waals surface area contributed by atoms with E-state index in [0.29, 0.717) is 33.5 Å². The molecule has 2 heterocycles. The van der Waals surface area contributed by atoms with Crippen molar-refractivity contribution < 1.29 is 18.7 Å². The number of halogens is 1. The Morgan fingerprint density at radius 2 is 1.89 bits per heavy atom. The van der Waals surface area contributed by atoms with Crippen LogP contribution in [0.3, 0.4) is 0 Å². The van der Waals surface area contributed by atoms with Gasteiger partial charge < -0.3 is 25.7 Å². The van der Waals surface area contributed by atoms with Crippen LogP contribution in [0.5, 0.6) is 5.75 Å². The molecule has 2 aromatic carbocycles. The van der Waals surface area contributed by atoms with Gasteiger partial charge in [-0.2, -0.15) is 0 Å². The van der Waals surface area contributed by atoms with Crippen LogP contribution in [0.15, 0.2) is 48.9 Å². The summed E-state index contributed by atoms with van der Waals surface area (Å²) in [6, 6.07) is 8.48. The third-order valence-electron chi connectivity index (χ3n) is 5.58.